The van der Waals surface area contributed by atoms with E-state index in [1.165, 1.54) is 24.3 Å². The van der Waals surface area contributed by atoms with Crippen LogP contribution >= 0.6 is 0 Å². The van der Waals surface area contributed by atoms with Gasteiger partial charge in [0.05, 0.1) is 0 Å². The molecule has 108 valence electrons. The van der Waals surface area contributed by atoms with Crippen molar-refractivity contribution < 1.29 is 14.0 Å². The lowest BCUT2D eigenvalue weighted by Gasteiger charge is -2.18. The normalized spacial score (nSPS) is 18.4. The Morgan fingerprint density at radius 3 is 2.55 bits per heavy atom. The maximum Gasteiger partial charge on any atom is 0.253 e. The van der Waals surface area contributed by atoms with E-state index in [0.717, 1.165) is 6.42 Å². The first-order valence-corrected chi connectivity index (χ1v) is 6.82. The third-order valence-corrected chi connectivity index (χ3v) is 3.44. The molecule has 0 aromatic heterocycles. The molecule has 1 N–H and O–H groups in total. The van der Waals surface area contributed by atoms with Crippen molar-refractivity contribution in [2.75, 3.05) is 13.1 Å². The number of likely N-dealkylation sites (tertiary alicyclic amines) is 1. The van der Waals surface area contributed by atoms with Crippen LogP contribution in [0.5, 0.6) is 0 Å². The number of benzene rings is 1. The molecule has 0 radical (unpaired) electrons. The molecule has 1 aromatic rings. The lowest BCUT2D eigenvalue weighted by molar-refractivity contribution is -0.124. The molecule has 5 heteroatoms. The number of nitrogens with one attached hydrogen (secondary N) is 1. The minimum absolute atomic E-state index is 0.00563. The van der Waals surface area contributed by atoms with E-state index >= 15 is 0 Å². The fraction of sp³-hybridized carbons (Fsp3) is 0.467. The Labute approximate surface area is 118 Å². The van der Waals surface area contributed by atoms with Crippen LogP contribution in [-0.2, 0) is 4.79 Å². The molecule has 2 rings (SSSR count). The second-order valence-electron chi connectivity index (χ2n) is 5.41. The number of carbonyl (C=O) groups is 2. The lowest BCUT2D eigenvalue weighted by atomic mass is 10.2. The highest BCUT2D eigenvalue weighted by molar-refractivity contribution is 5.94. The van der Waals surface area contributed by atoms with Crippen LogP contribution in [0.4, 0.5) is 4.39 Å². The van der Waals surface area contributed by atoms with Gasteiger partial charge in [-0.3, -0.25) is 9.59 Å². The number of halogens is 1. The highest BCUT2D eigenvalue weighted by Gasteiger charge is 2.28. The molecule has 2 amide bonds. The topological polar surface area (TPSA) is 49.4 Å². The Balaban J connectivity index is 1.94. The molecule has 1 atom stereocenters. The Hall–Kier alpha value is -1.91. The summed E-state index contributed by atoms with van der Waals surface area (Å²) in [7, 11) is 0. The number of carbonyl (C=O) groups excluding carboxylic acids is 2. The average Bonchev–Trinajstić information content (AvgIpc) is 2.87. The minimum atomic E-state index is -0.356. The molecule has 1 aromatic carbocycles. The van der Waals surface area contributed by atoms with Crippen molar-refractivity contribution in [2.24, 2.45) is 5.92 Å². The van der Waals surface area contributed by atoms with Gasteiger partial charge in [0.25, 0.3) is 5.91 Å². The van der Waals surface area contributed by atoms with Crippen LogP contribution in [0.25, 0.3) is 0 Å². The first-order chi connectivity index (χ1) is 9.47. The van der Waals surface area contributed by atoms with Crippen LogP contribution in [-0.4, -0.2) is 35.8 Å². The molecule has 1 aliphatic heterocycles. The SMILES string of the molecule is CC(C)C(=O)N[C@H]1CCN(C(=O)c2ccc(F)cc2)C1. The summed E-state index contributed by atoms with van der Waals surface area (Å²) in [5.74, 6) is -0.528. The van der Waals surface area contributed by atoms with E-state index in [4.69, 9.17) is 0 Å². The zero-order valence-electron chi connectivity index (χ0n) is 11.7. The van der Waals surface area contributed by atoms with Gasteiger partial charge < -0.3 is 10.2 Å². The zero-order valence-corrected chi connectivity index (χ0v) is 11.7. The van der Waals surface area contributed by atoms with Crippen LogP contribution < -0.4 is 5.32 Å². The van der Waals surface area contributed by atoms with Crippen LogP contribution in [0, 0.1) is 11.7 Å². The molecule has 0 saturated carbocycles. The van der Waals surface area contributed by atoms with Gasteiger partial charge in [0.1, 0.15) is 5.82 Å². The maximum absolute atomic E-state index is 12.8. The average molecular weight is 278 g/mol. The van der Waals surface area contributed by atoms with Crippen molar-refractivity contribution in [2.45, 2.75) is 26.3 Å². The number of nitrogens with zero attached hydrogens (tertiary/aromatic N) is 1. The number of amides is 2. The summed E-state index contributed by atoms with van der Waals surface area (Å²) < 4.78 is 12.8. The summed E-state index contributed by atoms with van der Waals surface area (Å²) in [6.45, 7) is 4.80. The summed E-state index contributed by atoms with van der Waals surface area (Å²) in [5, 5.41) is 2.93. The summed E-state index contributed by atoms with van der Waals surface area (Å²) in [4.78, 5) is 25.5. The standard InChI is InChI=1S/C15H19FN2O2/c1-10(2)14(19)17-13-7-8-18(9-13)15(20)11-3-5-12(16)6-4-11/h3-6,10,13H,7-9H2,1-2H3,(H,17,19)/t13-/m0/s1. The largest absolute Gasteiger partial charge is 0.351 e. The van der Waals surface area contributed by atoms with Crippen molar-refractivity contribution in [3.63, 3.8) is 0 Å². The second-order valence-corrected chi connectivity index (χ2v) is 5.41. The van der Waals surface area contributed by atoms with Crippen LogP contribution in [0.2, 0.25) is 0 Å². The number of rotatable bonds is 3. The second kappa shape index (κ2) is 6.03. The van der Waals surface area contributed by atoms with E-state index in [-0.39, 0.29) is 29.6 Å². The van der Waals surface area contributed by atoms with Gasteiger partial charge in [0.2, 0.25) is 5.91 Å². The molecule has 1 saturated heterocycles. The molecule has 0 aliphatic carbocycles. The molecule has 4 nitrogen and oxygen atoms in total. The Kier molecular flexibility index (Phi) is 4.37. The fourth-order valence-electron chi connectivity index (χ4n) is 2.21. The van der Waals surface area contributed by atoms with Crippen molar-refractivity contribution in [3.05, 3.63) is 35.6 Å². The van der Waals surface area contributed by atoms with E-state index in [2.05, 4.69) is 5.32 Å². The minimum Gasteiger partial charge on any atom is -0.351 e. The van der Waals surface area contributed by atoms with Gasteiger partial charge in [0, 0.05) is 30.6 Å². The number of hydrogen-bond donors (Lipinski definition) is 1. The number of hydrogen-bond acceptors (Lipinski definition) is 2. The van der Waals surface area contributed by atoms with Crippen LogP contribution in [0.1, 0.15) is 30.6 Å². The van der Waals surface area contributed by atoms with Gasteiger partial charge >= 0.3 is 0 Å². The van der Waals surface area contributed by atoms with E-state index in [9.17, 15) is 14.0 Å². The van der Waals surface area contributed by atoms with Gasteiger partial charge in [-0.25, -0.2) is 4.39 Å². The molecule has 1 heterocycles. The molecule has 20 heavy (non-hydrogen) atoms. The Morgan fingerprint density at radius 1 is 1.30 bits per heavy atom. The monoisotopic (exact) mass is 278 g/mol. The predicted molar refractivity (Wildman–Crippen MR) is 73.7 cm³/mol. The van der Waals surface area contributed by atoms with E-state index in [1.807, 2.05) is 13.8 Å². The quantitative estimate of drug-likeness (QED) is 0.916. The van der Waals surface area contributed by atoms with Gasteiger partial charge in [-0.2, -0.15) is 0 Å². The zero-order chi connectivity index (χ0) is 14.7. The summed E-state index contributed by atoms with van der Waals surface area (Å²) in [6.07, 6.45) is 0.755. The summed E-state index contributed by atoms with van der Waals surface area (Å²) in [5.41, 5.74) is 0.474. The van der Waals surface area contributed by atoms with Crippen LogP contribution in [0.15, 0.2) is 24.3 Å². The third kappa shape index (κ3) is 3.35. The first kappa shape index (κ1) is 14.5. The smallest absolute Gasteiger partial charge is 0.253 e. The van der Waals surface area contributed by atoms with Crippen molar-refractivity contribution >= 4 is 11.8 Å². The molecular formula is C15H19FN2O2. The molecule has 1 fully saturated rings. The van der Waals surface area contributed by atoms with Crippen LogP contribution in [0.3, 0.4) is 0 Å². The van der Waals surface area contributed by atoms with E-state index in [0.29, 0.717) is 18.7 Å². The van der Waals surface area contributed by atoms with Crippen molar-refractivity contribution in [1.29, 1.82) is 0 Å². The fourth-order valence-corrected chi connectivity index (χ4v) is 2.21. The molecular weight excluding hydrogens is 259 g/mol. The molecule has 0 unspecified atom stereocenters. The van der Waals surface area contributed by atoms with Gasteiger partial charge in [-0.05, 0) is 30.7 Å². The third-order valence-electron chi connectivity index (χ3n) is 3.44. The Morgan fingerprint density at radius 2 is 1.95 bits per heavy atom. The molecule has 0 spiro atoms. The molecule has 1 aliphatic rings. The predicted octanol–water partition coefficient (Wildman–Crippen LogP) is 1.81. The summed E-state index contributed by atoms with van der Waals surface area (Å²) >= 11 is 0. The highest BCUT2D eigenvalue weighted by Crippen LogP contribution is 2.14. The van der Waals surface area contributed by atoms with Gasteiger partial charge in [0.15, 0.2) is 0 Å². The van der Waals surface area contributed by atoms with E-state index in [1.54, 1.807) is 4.90 Å². The highest BCUT2D eigenvalue weighted by atomic mass is 19.1. The molecule has 0 bridgehead atoms. The maximum atomic E-state index is 12.8. The van der Waals surface area contributed by atoms with Gasteiger partial charge in [-0.15, -0.1) is 0 Å². The van der Waals surface area contributed by atoms with Crippen molar-refractivity contribution in [1.82, 2.24) is 10.2 Å². The van der Waals surface area contributed by atoms with Crippen molar-refractivity contribution in [3.8, 4) is 0 Å². The Bertz CT molecular complexity index is 499. The first-order valence-electron chi connectivity index (χ1n) is 6.82. The summed E-state index contributed by atoms with van der Waals surface area (Å²) in [6, 6.07) is 5.53. The lowest BCUT2D eigenvalue weighted by Crippen LogP contribution is -2.40. The van der Waals surface area contributed by atoms with Gasteiger partial charge in [-0.1, -0.05) is 13.8 Å². The van der Waals surface area contributed by atoms with E-state index < -0.39 is 0 Å².